The molecule has 1 aliphatic heterocycles. The van der Waals surface area contributed by atoms with Gasteiger partial charge in [0, 0.05) is 42.5 Å². The number of thiophene rings is 1. The second-order valence-electron chi connectivity index (χ2n) is 14.4. The molecule has 0 bridgehead atoms. The van der Waals surface area contributed by atoms with E-state index in [-0.39, 0.29) is 17.7 Å². The number of nitrogens with zero attached hydrogens (tertiary/aromatic N) is 7. The lowest BCUT2D eigenvalue weighted by atomic mass is 9.91. The second kappa shape index (κ2) is 16.4. The van der Waals surface area contributed by atoms with Gasteiger partial charge in [-0.3, -0.25) is 19.1 Å². The molecule has 1 fully saturated rings. The number of aliphatic imine (C=N–C) groups is 1. The molecule has 0 saturated carbocycles. The highest BCUT2D eigenvalue weighted by Gasteiger charge is 2.32. The number of aliphatic hydroxyl groups is 1. The summed E-state index contributed by atoms with van der Waals surface area (Å²) in [4.78, 5) is 43.3. The monoisotopic (exact) mass is 778 g/mol. The van der Waals surface area contributed by atoms with Crippen LogP contribution in [0.25, 0.3) is 32.8 Å². The summed E-state index contributed by atoms with van der Waals surface area (Å²) in [5, 5.41) is 19.8. The first-order valence-electron chi connectivity index (χ1n) is 18.4. The van der Waals surface area contributed by atoms with Gasteiger partial charge in [-0.1, -0.05) is 24.3 Å². The zero-order valence-electron chi connectivity index (χ0n) is 31.3. The second-order valence-corrected chi connectivity index (χ2v) is 16.0. The topological polar surface area (TPSA) is 164 Å². The van der Waals surface area contributed by atoms with Crippen molar-refractivity contribution in [2.24, 2.45) is 10.7 Å². The van der Waals surface area contributed by atoms with Crippen molar-refractivity contribution < 1.29 is 5.11 Å². The molecule has 0 radical (unpaired) electrons. The Hall–Kier alpha value is -5.06. The lowest BCUT2D eigenvalue weighted by Gasteiger charge is -2.36. The molecule has 6 aromatic rings. The summed E-state index contributed by atoms with van der Waals surface area (Å²) in [6, 6.07) is 15.5. The average Bonchev–Trinajstić information content (AvgIpc) is 3.74. The van der Waals surface area contributed by atoms with E-state index in [1.807, 2.05) is 63.4 Å². The standard InChI is InChI=1S/C40H46N10O3S2/c1-26-12-16-44-34(19-26)49-38(52)35-31(27(2)55-36(35)46-39(49)54)5-4-15-42-22-29(20-41)23-43-21-28-6-8-30(9-7-28)32-10-11-33-37(51)48(25-45-50(32)33)24-40(53)13-17-47(3)18-14-40/h6-12,16,19-20,23,25,42,53H,4-5,13-15,17-18,21-22,24,41H2,1-3H3,(H,46,54). The van der Waals surface area contributed by atoms with Gasteiger partial charge in [-0.25, -0.2) is 14.1 Å². The molecule has 55 heavy (non-hydrogen) atoms. The van der Waals surface area contributed by atoms with Crippen LogP contribution in [0.15, 0.2) is 87.4 Å². The number of aromatic nitrogens is 6. The molecule has 1 aliphatic rings. The summed E-state index contributed by atoms with van der Waals surface area (Å²) >= 11 is 7.10. The maximum Gasteiger partial charge on any atom is 0.277 e. The molecule has 0 spiro atoms. The van der Waals surface area contributed by atoms with Gasteiger partial charge in [-0.05, 0) is 118 Å². The van der Waals surface area contributed by atoms with Gasteiger partial charge < -0.3 is 26.0 Å². The van der Waals surface area contributed by atoms with E-state index in [1.165, 1.54) is 15.5 Å². The fourth-order valence-corrected chi connectivity index (χ4v) is 8.53. The van der Waals surface area contributed by atoms with Crippen LogP contribution in [0.3, 0.4) is 0 Å². The van der Waals surface area contributed by atoms with Crippen molar-refractivity contribution >= 4 is 45.5 Å². The maximum atomic E-state index is 13.7. The third-order valence-electron chi connectivity index (χ3n) is 10.3. The number of nitrogens with two attached hydrogens (primary N) is 1. The number of hydrogen-bond acceptors (Lipinski definition) is 11. The molecule has 5 aromatic heterocycles. The van der Waals surface area contributed by atoms with E-state index in [0.29, 0.717) is 47.4 Å². The molecule has 13 nitrogen and oxygen atoms in total. The minimum atomic E-state index is -0.909. The van der Waals surface area contributed by atoms with Crippen LogP contribution < -0.4 is 22.2 Å². The molecule has 0 unspecified atom stereocenters. The van der Waals surface area contributed by atoms with Crippen LogP contribution in [-0.2, 0) is 19.5 Å². The number of fused-ring (bicyclic) bond motifs is 2. The highest BCUT2D eigenvalue weighted by atomic mass is 32.1. The van der Waals surface area contributed by atoms with Crippen molar-refractivity contribution in [1.82, 2.24) is 38.9 Å². The molecule has 5 N–H and O–H groups in total. The SMILES string of the molecule is Cc1ccnc(-n2c(=S)[nH]c3sc(C)c(CCCNCC(C=NCc4ccc(-c5ccc6c(=O)n(CC7(O)CCN(C)CC7)cnn56)cc4)=CN)c3c2=O)c1. The highest BCUT2D eigenvalue weighted by molar-refractivity contribution is 7.71. The Morgan fingerprint density at radius 1 is 1.13 bits per heavy atom. The maximum absolute atomic E-state index is 13.7. The van der Waals surface area contributed by atoms with Crippen LogP contribution in [0.5, 0.6) is 0 Å². The zero-order chi connectivity index (χ0) is 38.7. The molecule has 15 heteroatoms. The van der Waals surface area contributed by atoms with E-state index in [1.54, 1.807) is 40.5 Å². The molecule has 6 heterocycles. The summed E-state index contributed by atoms with van der Waals surface area (Å²) in [5.74, 6) is 0.516. The zero-order valence-corrected chi connectivity index (χ0v) is 32.9. The van der Waals surface area contributed by atoms with Crippen LogP contribution in [0, 0.1) is 18.6 Å². The number of pyridine rings is 1. The third-order valence-corrected chi connectivity index (χ3v) is 11.7. The number of H-pyrrole nitrogens is 1. The molecule has 0 atom stereocenters. The molecule has 1 aromatic carbocycles. The molecule has 0 aliphatic carbocycles. The molecule has 0 amide bonds. The van der Waals surface area contributed by atoms with E-state index in [9.17, 15) is 14.7 Å². The van der Waals surface area contributed by atoms with E-state index in [4.69, 9.17) is 18.0 Å². The highest BCUT2D eigenvalue weighted by Crippen LogP contribution is 2.29. The van der Waals surface area contributed by atoms with Crippen molar-refractivity contribution in [3.8, 4) is 17.1 Å². The fourth-order valence-electron chi connectivity index (χ4n) is 7.09. The summed E-state index contributed by atoms with van der Waals surface area (Å²) < 4.78 is 5.01. The number of rotatable bonds is 13. The number of benzene rings is 1. The van der Waals surface area contributed by atoms with Gasteiger partial charge in [0.05, 0.1) is 29.8 Å². The van der Waals surface area contributed by atoms with E-state index in [2.05, 4.69) is 30.3 Å². The van der Waals surface area contributed by atoms with Crippen molar-refractivity contribution in [3.63, 3.8) is 0 Å². The first-order valence-corrected chi connectivity index (χ1v) is 19.6. The van der Waals surface area contributed by atoms with E-state index < -0.39 is 5.60 Å². The predicted molar refractivity (Wildman–Crippen MR) is 222 cm³/mol. The number of hydrogen-bond donors (Lipinski definition) is 4. The van der Waals surface area contributed by atoms with Gasteiger partial charge in [0.2, 0.25) is 0 Å². The number of nitrogens with one attached hydrogen (secondary N) is 2. The smallest absolute Gasteiger partial charge is 0.277 e. The van der Waals surface area contributed by atoms with Gasteiger partial charge in [-0.2, -0.15) is 5.10 Å². The van der Waals surface area contributed by atoms with E-state index >= 15 is 0 Å². The Morgan fingerprint density at radius 2 is 1.91 bits per heavy atom. The van der Waals surface area contributed by atoms with Gasteiger partial charge in [0.15, 0.2) is 4.77 Å². The quantitative estimate of drug-likeness (QED) is 0.0740. The van der Waals surface area contributed by atoms with Crippen LogP contribution in [0.1, 0.15) is 40.8 Å². The van der Waals surface area contributed by atoms with Gasteiger partial charge in [0.25, 0.3) is 11.1 Å². The normalized spacial score (nSPS) is 15.2. The van der Waals surface area contributed by atoms with Crippen LogP contribution in [-0.4, -0.2) is 83.8 Å². The molecule has 1 saturated heterocycles. The number of aromatic amines is 1. The third kappa shape index (κ3) is 8.31. The number of likely N-dealkylation sites (tertiary alicyclic amines) is 1. The Bertz CT molecular complexity index is 2570. The number of piperidine rings is 1. The first-order chi connectivity index (χ1) is 26.5. The van der Waals surface area contributed by atoms with Crippen LogP contribution in [0.2, 0.25) is 0 Å². The molecular formula is C40H46N10O3S2. The van der Waals surface area contributed by atoms with Gasteiger partial charge in [-0.15, -0.1) is 11.3 Å². The minimum absolute atomic E-state index is 0.148. The molecular weight excluding hydrogens is 733 g/mol. The Morgan fingerprint density at radius 3 is 2.65 bits per heavy atom. The van der Waals surface area contributed by atoms with Crippen LogP contribution >= 0.6 is 23.6 Å². The lowest BCUT2D eigenvalue weighted by molar-refractivity contribution is -0.0299. The van der Waals surface area contributed by atoms with Crippen LogP contribution in [0.4, 0.5) is 0 Å². The van der Waals surface area contributed by atoms with Crippen molar-refractivity contribution in [2.75, 3.05) is 33.2 Å². The van der Waals surface area contributed by atoms with Gasteiger partial charge >= 0.3 is 0 Å². The van der Waals surface area contributed by atoms with Crippen molar-refractivity contribution in [1.29, 1.82) is 0 Å². The summed E-state index contributed by atoms with van der Waals surface area (Å²) in [7, 11) is 2.04. The van der Waals surface area contributed by atoms with Crippen molar-refractivity contribution in [2.45, 2.75) is 58.2 Å². The summed E-state index contributed by atoms with van der Waals surface area (Å²) in [6.07, 6.45) is 9.37. The predicted octanol–water partition coefficient (Wildman–Crippen LogP) is 4.69. The summed E-state index contributed by atoms with van der Waals surface area (Å²) in [5.41, 5.74) is 10.9. The number of aryl methyl sites for hydroxylation is 3. The molecule has 286 valence electrons. The Balaban J connectivity index is 0.920. The van der Waals surface area contributed by atoms with E-state index in [0.717, 1.165) is 75.7 Å². The average molecular weight is 779 g/mol. The Kier molecular flexibility index (Phi) is 11.4. The fraction of sp³-hybridized carbons (Fsp3) is 0.350. The lowest BCUT2D eigenvalue weighted by Crippen LogP contribution is -2.47. The molecule has 7 rings (SSSR count). The summed E-state index contributed by atoms with van der Waals surface area (Å²) in [6.45, 7) is 7.61. The largest absolute Gasteiger partial charge is 0.404 e. The van der Waals surface area contributed by atoms with Gasteiger partial charge in [0.1, 0.15) is 22.5 Å². The Labute approximate surface area is 327 Å². The first kappa shape index (κ1) is 38.2. The van der Waals surface area contributed by atoms with Crippen molar-refractivity contribution in [3.05, 3.63) is 120 Å². The minimum Gasteiger partial charge on any atom is -0.404 e.